The fourth-order valence-electron chi connectivity index (χ4n) is 4.08. The number of pyridine rings is 2. The minimum Gasteiger partial charge on any atom is -0.459 e. The summed E-state index contributed by atoms with van der Waals surface area (Å²) in [5.41, 5.74) is 3.80. The van der Waals surface area contributed by atoms with Crippen molar-refractivity contribution in [3.05, 3.63) is 107 Å². The third kappa shape index (κ3) is 3.87. The summed E-state index contributed by atoms with van der Waals surface area (Å²) in [4.78, 5) is 11.2. The first-order valence-corrected chi connectivity index (χ1v) is 11.1. The van der Waals surface area contributed by atoms with E-state index in [1.165, 1.54) is 0 Å². The van der Waals surface area contributed by atoms with Crippen LogP contribution < -0.4 is 5.32 Å². The van der Waals surface area contributed by atoms with E-state index in [9.17, 15) is 0 Å². The van der Waals surface area contributed by atoms with Crippen LogP contribution in [-0.2, 0) is 6.54 Å². The van der Waals surface area contributed by atoms with Crippen LogP contribution in [0.2, 0.25) is 5.02 Å². The molecule has 0 saturated carbocycles. The van der Waals surface area contributed by atoms with Crippen molar-refractivity contribution in [3.63, 3.8) is 0 Å². The largest absolute Gasteiger partial charge is 0.459 e. The van der Waals surface area contributed by atoms with Gasteiger partial charge in [-0.1, -0.05) is 35.9 Å². The molecule has 7 heteroatoms. The van der Waals surface area contributed by atoms with Gasteiger partial charge < -0.3 is 14.6 Å². The molecule has 4 heterocycles. The third-order valence-electron chi connectivity index (χ3n) is 5.71. The summed E-state index contributed by atoms with van der Waals surface area (Å²) in [6, 6.07) is 21.3. The molecule has 5 nitrogen and oxygen atoms in total. The summed E-state index contributed by atoms with van der Waals surface area (Å²) >= 11 is 12.1. The lowest BCUT2D eigenvalue weighted by Gasteiger charge is -2.25. The number of nitrogens with one attached hydrogen (secondary N) is 1. The van der Waals surface area contributed by atoms with Gasteiger partial charge in [0.2, 0.25) is 0 Å². The maximum Gasteiger partial charge on any atom is 0.170 e. The molecular formula is C25H21ClN4OS. The van der Waals surface area contributed by atoms with E-state index in [0.29, 0.717) is 16.7 Å². The number of halogens is 1. The highest BCUT2D eigenvalue weighted by molar-refractivity contribution is 7.80. The summed E-state index contributed by atoms with van der Waals surface area (Å²) in [6.45, 7) is 2.56. The van der Waals surface area contributed by atoms with Crippen molar-refractivity contribution in [3.8, 4) is 11.3 Å². The highest BCUT2D eigenvalue weighted by atomic mass is 35.5. The Morgan fingerprint density at radius 1 is 1.00 bits per heavy atom. The molecule has 0 spiro atoms. The van der Waals surface area contributed by atoms with Gasteiger partial charge in [0.15, 0.2) is 5.11 Å². The molecule has 0 aliphatic carbocycles. The lowest BCUT2D eigenvalue weighted by Crippen LogP contribution is -2.29. The van der Waals surface area contributed by atoms with Gasteiger partial charge in [0, 0.05) is 23.0 Å². The second-order valence-electron chi connectivity index (χ2n) is 7.69. The standard InChI is InChI=1S/C25H21ClN4OS/c1-16-18(8-6-9-19(16)26)21-11-12-22(31-21)24-23(20-10-3-5-14-28-20)29-25(32)30(24)15-17-7-2-4-13-27-17/h2-14,23-24H,15H2,1H3,(H,29,32)/t23-,24+/m1/s1. The van der Waals surface area contributed by atoms with Crippen LogP contribution >= 0.6 is 23.8 Å². The number of rotatable bonds is 5. The normalized spacial score (nSPS) is 18.1. The fourth-order valence-corrected chi connectivity index (χ4v) is 4.56. The lowest BCUT2D eigenvalue weighted by atomic mass is 10.0. The Morgan fingerprint density at radius 2 is 1.81 bits per heavy atom. The highest BCUT2D eigenvalue weighted by Gasteiger charge is 2.41. The van der Waals surface area contributed by atoms with Gasteiger partial charge in [-0.3, -0.25) is 9.97 Å². The van der Waals surface area contributed by atoms with Crippen molar-refractivity contribution in [1.82, 2.24) is 20.2 Å². The summed E-state index contributed by atoms with van der Waals surface area (Å²) in [5, 5.41) is 4.81. The van der Waals surface area contributed by atoms with Gasteiger partial charge in [0.1, 0.15) is 17.6 Å². The smallest absolute Gasteiger partial charge is 0.170 e. The SMILES string of the molecule is Cc1c(Cl)cccc1-c1ccc([C@H]2[C@@H](c3ccccn3)NC(=S)N2Cc2ccccn2)o1. The molecule has 160 valence electrons. The van der Waals surface area contributed by atoms with Crippen LogP contribution in [0.4, 0.5) is 0 Å². The number of nitrogens with zero attached hydrogens (tertiary/aromatic N) is 3. The molecule has 2 atom stereocenters. The summed E-state index contributed by atoms with van der Waals surface area (Å²) in [7, 11) is 0. The quantitative estimate of drug-likeness (QED) is 0.376. The molecule has 3 aromatic heterocycles. The van der Waals surface area contributed by atoms with Crippen molar-refractivity contribution in [2.45, 2.75) is 25.6 Å². The Balaban J connectivity index is 1.56. The van der Waals surface area contributed by atoms with Crippen molar-refractivity contribution >= 4 is 28.9 Å². The minimum atomic E-state index is -0.173. The summed E-state index contributed by atoms with van der Waals surface area (Å²) in [6.07, 6.45) is 3.58. The van der Waals surface area contributed by atoms with Gasteiger partial charge in [0.05, 0.1) is 24.0 Å². The molecule has 0 radical (unpaired) electrons. The topological polar surface area (TPSA) is 54.2 Å². The van der Waals surface area contributed by atoms with Crippen LogP contribution in [0.25, 0.3) is 11.3 Å². The second kappa shape index (κ2) is 8.73. The first kappa shape index (κ1) is 20.7. The third-order valence-corrected chi connectivity index (χ3v) is 6.47. The number of furan rings is 1. The van der Waals surface area contributed by atoms with E-state index in [1.807, 2.05) is 73.7 Å². The van der Waals surface area contributed by atoms with Crippen molar-refractivity contribution in [2.24, 2.45) is 0 Å². The van der Waals surface area contributed by atoms with E-state index in [-0.39, 0.29) is 12.1 Å². The van der Waals surface area contributed by atoms with Crippen LogP contribution in [0.5, 0.6) is 0 Å². The zero-order valence-electron chi connectivity index (χ0n) is 17.4. The monoisotopic (exact) mass is 460 g/mol. The molecule has 1 N–H and O–H groups in total. The molecule has 0 amide bonds. The molecule has 1 aliphatic rings. The lowest BCUT2D eigenvalue weighted by molar-refractivity contribution is 0.267. The Labute approximate surface area is 197 Å². The maximum absolute atomic E-state index is 6.41. The number of benzene rings is 1. The van der Waals surface area contributed by atoms with Gasteiger partial charge in [-0.15, -0.1) is 0 Å². The second-order valence-corrected chi connectivity index (χ2v) is 8.48. The molecule has 1 aromatic carbocycles. The molecule has 32 heavy (non-hydrogen) atoms. The van der Waals surface area contributed by atoms with Crippen LogP contribution in [0.1, 0.15) is 34.8 Å². The molecular weight excluding hydrogens is 440 g/mol. The predicted molar refractivity (Wildman–Crippen MR) is 129 cm³/mol. The van der Waals surface area contributed by atoms with Gasteiger partial charge in [-0.2, -0.15) is 0 Å². The predicted octanol–water partition coefficient (Wildman–Crippen LogP) is 5.87. The zero-order chi connectivity index (χ0) is 22.1. The molecule has 4 aromatic rings. The Bertz CT molecular complexity index is 1250. The molecule has 1 aliphatic heterocycles. The van der Waals surface area contributed by atoms with Gasteiger partial charge in [0.25, 0.3) is 0 Å². The molecule has 0 unspecified atom stereocenters. The van der Waals surface area contributed by atoms with Gasteiger partial charge >= 0.3 is 0 Å². The molecule has 0 bridgehead atoms. The maximum atomic E-state index is 6.41. The Kier molecular flexibility index (Phi) is 5.64. The van der Waals surface area contributed by atoms with E-state index in [4.69, 9.17) is 28.2 Å². The van der Waals surface area contributed by atoms with E-state index in [0.717, 1.165) is 34.0 Å². The number of aromatic nitrogens is 2. The van der Waals surface area contributed by atoms with Gasteiger partial charge in [-0.05, 0) is 67.2 Å². The number of thiocarbonyl (C=S) groups is 1. The molecule has 1 fully saturated rings. The van der Waals surface area contributed by atoms with E-state index < -0.39 is 0 Å². The average Bonchev–Trinajstić information content (AvgIpc) is 3.42. The van der Waals surface area contributed by atoms with Gasteiger partial charge in [-0.25, -0.2) is 0 Å². The van der Waals surface area contributed by atoms with Crippen LogP contribution in [0.3, 0.4) is 0 Å². The molecule has 1 saturated heterocycles. The average molecular weight is 461 g/mol. The summed E-state index contributed by atoms with van der Waals surface area (Å²) < 4.78 is 6.41. The zero-order valence-corrected chi connectivity index (χ0v) is 19.0. The highest BCUT2D eigenvalue weighted by Crippen LogP contribution is 2.41. The van der Waals surface area contributed by atoms with Crippen LogP contribution in [0.15, 0.2) is 83.5 Å². The molecule has 5 rings (SSSR count). The minimum absolute atomic E-state index is 0.146. The van der Waals surface area contributed by atoms with Crippen LogP contribution in [-0.4, -0.2) is 20.0 Å². The number of hydrogen-bond acceptors (Lipinski definition) is 4. The summed E-state index contributed by atoms with van der Waals surface area (Å²) in [5.74, 6) is 1.58. The van der Waals surface area contributed by atoms with E-state index in [1.54, 1.807) is 12.4 Å². The number of hydrogen-bond donors (Lipinski definition) is 1. The van der Waals surface area contributed by atoms with E-state index in [2.05, 4.69) is 20.2 Å². The Morgan fingerprint density at radius 3 is 2.56 bits per heavy atom. The van der Waals surface area contributed by atoms with Crippen LogP contribution in [0, 0.1) is 6.92 Å². The first-order chi connectivity index (χ1) is 15.6. The Hall–Kier alpha value is -3.22. The van der Waals surface area contributed by atoms with Crippen molar-refractivity contribution in [1.29, 1.82) is 0 Å². The fraction of sp³-hybridized carbons (Fsp3) is 0.160. The van der Waals surface area contributed by atoms with E-state index >= 15 is 0 Å². The van der Waals surface area contributed by atoms with Crippen molar-refractivity contribution < 1.29 is 4.42 Å². The van der Waals surface area contributed by atoms with Crippen molar-refractivity contribution in [2.75, 3.05) is 0 Å². The first-order valence-electron chi connectivity index (χ1n) is 10.3.